The first-order valence-corrected chi connectivity index (χ1v) is 21.7. The number of imidazole rings is 1. The molecule has 18 heteroatoms. The first-order chi connectivity index (χ1) is 27.7. The highest BCUT2D eigenvalue weighted by Crippen LogP contribution is 2.46. The van der Waals surface area contributed by atoms with Crippen LogP contribution in [-0.4, -0.2) is 90.0 Å². The van der Waals surface area contributed by atoms with Gasteiger partial charge >= 0.3 is 6.18 Å². The van der Waals surface area contributed by atoms with E-state index in [1.807, 2.05) is 88.5 Å². The lowest BCUT2D eigenvalue weighted by atomic mass is 9.80. The molecule has 1 amide bonds. The van der Waals surface area contributed by atoms with Crippen molar-refractivity contribution in [3.63, 3.8) is 0 Å². The lowest BCUT2D eigenvalue weighted by Gasteiger charge is -2.40. The van der Waals surface area contributed by atoms with Crippen LogP contribution in [0.1, 0.15) is 56.4 Å². The number of aromatic amines is 1. The van der Waals surface area contributed by atoms with Crippen molar-refractivity contribution in [1.29, 1.82) is 0 Å². The predicted molar refractivity (Wildman–Crippen MR) is 215 cm³/mol. The average Bonchev–Trinajstić information content (AvgIpc) is 3.72. The van der Waals surface area contributed by atoms with Gasteiger partial charge in [-0.3, -0.25) is 29.6 Å². The number of anilines is 1. The Bertz CT molecular complexity index is 2270. The quantitative estimate of drug-likeness (QED) is 0.0664. The summed E-state index contributed by atoms with van der Waals surface area (Å²) in [4.78, 5) is 35.6. The summed E-state index contributed by atoms with van der Waals surface area (Å²) >= 11 is 0. The van der Waals surface area contributed by atoms with Gasteiger partial charge in [0.25, 0.3) is 5.56 Å². The minimum Gasteiger partial charge on any atom is -0.497 e. The predicted octanol–water partition coefficient (Wildman–Crippen LogP) is 6.62. The van der Waals surface area contributed by atoms with E-state index < -0.39 is 78.1 Å². The Kier molecular flexibility index (Phi) is 12.0. The molecule has 3 heterocycles. The minimum absolute atomic E-state index is 0.331. The molecule has 3 N–H and O–H groups in total. The number of alkyl halides is 3. The molecule has 1 aliphatic rings. The number of rotatable bonds is 13. The molecule has 0 bridgehead atoms. The first-order valence-electron chi connectivity index (χ1n) is 18.8. The zero-order valence-corrected chi connectivity index (χ0v) is 35.2. The molecule has 5 aromatic rings. The number of methoxy groups -OCH3 is 2. The zero-order chi connectivity index (χ0) is 43.1. The Morgan fingerprint density at radius 1 is 0.932 bits per heavy atom. The third-order valence-electron chi connectivity index (χ3n) is 11.0. The van der Waals surface area contributed by atoms with Gasteiger partial charge in [-0.1, -0.05) is 75.4 Å². The molecule has 1 fully saturated rings. The van der Waals surface area contributed by atoms with Gasteiger partial charge in [-0.2, -0.15) is 18.2 Å². The first kappa shape index (κ1) is 43.3. The van der Waals surface area contributed by atoms with Gasteiger partial charge < -0.3 is 28.5 Å². The summed E-state index contributed by atoms with van der Waals surface area (Å²) in [6.07, 6.45) is -11.1. The van der Waals surface area contributed by atoms with Crippen molar-refractivity contribution in [1.82, 2.24) is 24.5 Å². The summed E-state index contributed by atoms with van der Waals surface area (Å²) in [6, 6.07) is 23.9. The third kappa shape index (κ3) is 8.45. The molecule has 59 heavy (non-hydrogen) atoms. The highest BCUT2D eigenvalue weighted by atomic mass is 28.4. The number of H-pyrrole nitrogens is 1. The fraction of sp³-hybridized carbons (Fsp3) is 0.415. The molecule has 0 saturated carbocycles. The maximum absolute atomic E-state index is 15.0. The average molecular weight is 839 g/mol. The minimum atomic E-state index is -5.12. The van der Waals surface area contributed by atoms with Crippen molar-refractivity contribution in [3.05, 3.63) is 112 Å². The Labute approximate surface area is 340 Å². The summed E-state index contributed by atoms with van der Waals surface area (Å²) in [7, 11) is 1.57. The molecule has 0 radical (unpaired) electrons. The van der Waals surface area contributed by atoms with Crippen LogP contribution in [0.25, 0.3) is 11.2 Å². The van der Waals surface area contributed by atoms with Crippen LogP contribution in [0.4, 0.5) is 19.1 Å². The number of aromatic nitrogens is 4. The van der Waals surface area contributed by atoms with Crippen LogP contribution in [0.5, 0.6) is 11.5 Å². The van der Waals surface area contributed by atoms with E-state index in [-0.39, 0.29) is 12.6 Å². The number of hydrogen-bond acceptors (Lipinski definition) is 11. The Balaban J connectivity index is 1.52. The van der Waals surface area contributed by atoms with E-state index in [0.717, 1.165) is 5.01 Å². The molecule has 14 nitrogen and oxygen atoms in total. The maximum atomic E-state index is 15.0. The van der Waals surface area contributed by atoms with Gasteiger partial charge in [-0.05, 0) is 59.1 Å². The van der Waals surface area contributed by atoms with Gasteiger partial charge in [0.1, 0.15) is 35.4 Å². The molecule has 3 aromatic carbocycles. The number of ether oxygens (including phenoxy) is 4. The highest BCUT2D eigenvalue weighted by molar-refractivity contribution is 6.74. The number of aliphatic hydroxyl groups excluding tert-OH is 1. The molecule has 1 aliphatic heterocycles. The molecule has 0 spiro atoms. The summed E-state index contributed by atoms with van der Waals surface area (Å²) in [6.45, 7) is 10.5. The molecule has 0 unspecified atom stereocenters. The van der Waals surface area contributed by atoms with Crippen LogP contribution in [0.3, 0.4) is 0 Å². The summed E-state index contributed by atoms with van der Waals surface area (Å²) < 4.78 is 76.9. The molecule has 4 atom stereocenters. The van der Waals surface area contributed by atoms with Crippen LogP contribution in [0.15, 0.2) is 83.7 Å². The Hall–Kier alpha value is -5.27. The third-order valence-corrected chi connectivity index (χ3v) is 15.5. The van der Waals surface area contributed by atoms with Crippen LogP contribution in [0.2, 0.25) is 18.1 Å². The van der Waals surface area contributed by atoms with Gasteiger partial charge in [0.2, 0.25) is 17.7 Å². The van der Waals surface area contributed by atoms with Crippen molar-refractivity contribution in [2.45, 2.75) is 82.1 Å². The van der Waals surface area contributed by atoms with E-state index >= 15 is 13.2 Å². The van der Waals surface area contributed by atoms with Gasteiger partial charge in [0, 0.05) is 14.0 Å². The van der Waals surface area contributed by atoms with Gasteiger partial charge in [0.05, 0.1) is 20.8 Å². The largest absolute Gasteiger partial charge is 0.497 e. The number of nitrogens with one attached hydrogen (secondary N) is 2. The van der Waals surface area contributed by atoms with Crippen LogP contribution in [-0.2, 0) is 30.5 Å². The van der Waals surface area contributed by atoms with Crippen molar-refractivity contribution >= 4 is 31.3 Å². The molecule has 2 aromatic heterocycles. The standard InChI is InChI=1S/C41H49F3N6O8Si/c1-24(51)49(5)48-38-46-34-31(35(53)47-38)45-37(41(42,43)44)50(34)36-33(58-59(8,9)39(2,3)4)32(52)30(57-36)23-56-40(25-13-11-10-12-14-25,26-15-19-28(54-6)20-16-26)27-17-21-29(55-7)22-18-27/h10-22,30,32-33,36,52H,23H2,1-9H3,(H2,46,47,48,53)/t30-,32-,33-,36-/m1/s1. The molecule has 1 saturated heterocycles. The Morgan fingerprint density at radius 3 is 1.97 bits per heavy atom. The number of carbonyl (C=O) groups excluding carboxylic acids is 1. The molecule has 6 rings (SSSR count). The lowest BCUT2D eigenvalue weighted by molar-refractivity contribution is -0.155. The van der Waals surface area contributed by atoms with E-state index in [0.29, 0.717) is 32.8 Å². The SMILES string of the molecule is COc1ccc(C(OC[C@H]2O[C@@H](n3c(C(F)(F)F)nc4c(=O)[nH]c(NN(C)C(C)=O)nc43)[C@H](O[Si](C)(C)C(C)(C)C)[C@@H]2O)(c2ccccc2)c2ccc(OC)cc2)cc1. The fourth-order valence-electron chi connectivity index (χ4n) is 6.70. The number of amides is 1. The summed E-state index contributed by atoms with van der Waals surface area (Å²) in [5.74, 6) is -1.11. The number of carbonyl (C=O) groups is 1. The second-order valence-corrected chi connectivity index (χ2v) is 20.5. The second kappa shape index (κ2) is 16.4. The Morgan fingerprint density at radius 2 is 1.47 bits per heavy atom. The van der Waals surface area contributed by atoms with E-state index in [9.17, 15) is 14.7 Å². The zero-order valence-electron chi connectivity index (χ0n) is 34.2. The molecule has 0 aliphatic carbocycles. The fourth-order valence-corrected chi connectivity index (χ4v) is 7.99. The van der Waals surface area contributed by atoms with E-state index in [2.05, 4.69) is 20.4 Å². The normalized spacial score (nSPS) is 18.9. The molecule has 316 valence electrons. The van der Waals surface area contributed by atoms with E-state index in [1.54, 1.807) is 38.5 Å². The topological polar surface area (TPSA) is 162 Å². The summed E-state index contributed by atoms with van der Waals surface area (Å²) in [5.41, 5.74) is 1.09. The van der Waals surface area contributed by atoms with Crippen molar-refractivity contribution < 1.29 is 46.4 Å². The van der Waals surface area contributed by atoms with E-state index in [4.69, 9.17) is 23.4 Å². The number of halogens is 3. The molecular formula is C41H49F3N6O8Si. The van der Waals surface area contributed by atoms with Crippen LogP contribution in [0, 0.1) is 0 Å². The van der Waals surface area contributed by atoms with Crippen molar-refractivity contribution in [2.75, 3.05) is 33.3 Å². The van der Waals surface area contributed by atoms with Gasteiger partial charge in [0.15, 0.2) is 25.7 Å². The maximum Gasteiger partial charge on any atom is 0.449 e. The van der Waals surface area contributed by atoms with Crippen LogP contribution < -0.4 is 20.5 Å². The van der Waals surface area contributed by atoms with E-state index in [1.165, 1.54) is 14.0 Å². The molecular weight excluding hydrogens is 790 g/mol. The lowest BCUT2D eigenvalue weighted by Crippen LogP contribution is -2.49. The number of aliphatic hydroxyl groups is 1. The number of nitrogens with zero attached hydrogens (tertiary/aromatic N) is 4. The second-order valence-electron chi connectivity index (χ2n) is 15.8. The monoisotopic (exact) mass is 838 g/mol. The number of hydrazine groups is 1. The number of fused-ring (bicyclic) bond motifs is 1. The highest BCUT2D eigenvalue weighted by Gasteiger charge is 2.54. The number of benzene rings is 3. The van der Waals surface area contributed by atoms with Gasteiger partial charge in [-0.15, -0.1) is 0 Å². The van der Waals surface area contributed by atoms with Crippen LogP contribution >= 0.6 is 0 Å². The van der Waals surface area contributed by atoms with Crippen molar-refractivity contribution in [3.8, 4) is 11.5 Å². The van der Waals surface area contributed by atoms with Gasteiger partial charge in [-0.25, -0.2) is 4.98 Å². The van der Waals surface area contributed by atoms with Crippen molar-refractivity contribution in [2.24, 2.45) is 0 Å². The smallest absolute Gasteiger partial charge is 0.449 e. The number of hydrogen-bond donors (Lipinski definition) is 3. The summed E-state index contributed by atoms with van der Waals surface area (Å²) in [5, 5.41) is 12.8.